The topological polar surface area (TPSA) is 63.5 Å². The van der Waals surface area contributed by atoms with E-state index < -0.39 is 0 Å². The Labute approximate surface area is 185 Å². The Kier molecular flexibility index (Phi) is 6.38. The highest BCUT2D eigenvalue weighted by Crippen LogP contribution is 2.33. The smallest absolute Gasteiger partial charge is 0.280 e. The van der Waals surface area contributed by atoms with Crippen LogP contribution in [0.4, 0.5) is 5.13 Å². The van der Waals surface area contributed by atoms with Gasteiger partial charge in [0.05, 0.1) is 22.9 Å². The van der Waals surface area contributed by atoms with Crippen LogP contribution in [0.1, 0.15) is 36.1 Å². The van der Waals surface area contributed by atoms with Crippen LogP contribution in [0.15, 0.2) is 24.3 Å². The zero-order chi connectivity index (χ0) is 21.3. The molecule has 30 heavy (non-hydrogen) atoms. The molecule has 1 fully saturated rings. The summed E-state index contributed by atoms with van der Waals surface area (Å²) in [6.45, 7) is 10.6. The number of para-hydroxylation sites is 1. The second-order valence-corrected chi connectivity index (χ2v) is 9.12. The fourth-order valence-corrected chi connectivity index (χ4v) is 4.91. The minimum atomic E-state index is -0.138. The Morgan fingerprint density at radius 1 is 1.33 bits per heavy atom. The number of hydrogen-bond acceptors (Lipinski definition) is 6. The number of amides is 1. The van der Waals surface area contributed by atoms with Gasteiger partial charge in [-0.05, 0) is 39.0 Å². The number of nitrogens with zero attached hydrogens (tertiary/aromatic N) is 5. The van der Waals surface area contributed by atoms with Crippen molar-refractivity contribution < 1.29 is 9.53 Å². The van der Waals surface area contributed by atoms with Crippen molar-refractivity contribution in [3.8, 4) is 0 Å². The van der Waals surface area contributed by atoms with Crippen LogP contribution in [0.5, 0.6) is 0 Å². The first kappa shape index (κ1) is 21.2. The summed E-state index contributed by atoms with van der Waals surface area (Å²) in [5, 5.41) is 5.80. The maximum absolute atomic E-state index is 13.5. The van der Waals surface area contributed by atoms with E-state index in [1.54, 1.807) is 4.90 Å². The second kappa shape index (κ2) is 9.01. The minimum absolute atomic E-state index is 0.138. The number of benzene rings is 1. The SMILES string of the molecule is Cc1cc(C(=O)N(CCN2CCOCC2)c2nc3c(Cl)cccc3s2)nn1C(C)C. The van der Waals surface area contributed by atoms with E-state index in [-0.39, 0.29) is 11.9 Å². The van der Waals surface area contributed by atoms with E-state index in [2.05, 4.69) is 23.8 Å². The van der Waals surface area contributed by atoms with E-state index in [0.29, 0.717) is 22.4 Å². The molecule has 1 aliphatic rings. The summed E-state index contributed by atoms with van der Waals surface area (Å²) in [6.07, 6.45) is 0. The highest BCUT2D eigenvalue weighted by atomic mass is 35.5. The highest BCUT2D eigenvalue weighted by Gasteiger charge is 2.26. The fraction of sp³-hybridized carbons (Fsp3) is 0.476. The lowest BCUT2D eigenvalue weighted by Gasteiger charge is -2.29. The first-order valence-electron chi connectivity index (χ1n) is 10.2. The molecule has 0 atom stereocenters. The van der Waals surface area contributed by atoms with Crippen molar-refractivity contribution in [2.45, 2.75) is 26.8 Å². The van der Waals surface area contributed by atoms with Crippen LogP contribution in [0, 0.1) is 6.92 Å². The molecule has 1 amide bonds. The Hall–Kier alpha value is -2.00. The number of morpholine rings is 1. The van der Waals surface area contributed by atoms with Gasteiger partial charge in [-0.15, -0.1) is 0 Å². The first-order valence-corrected chi connectivity index (χ1v) is 11.4. The van der Waals surface area contributed by atoms with Gasteiger partial charge in [-0.1, -0.05) is 29.0 Å². The van der Waals surface area contributed by atoms with Gasteiger partial charge in [-0.2, -0.15) is 5.10 Å². The average Bonchev–Trinajstić information content (AvgIpc) is 3.33. The fourth-order valence-electron chi connectivity index (χ4n) is 3.62. The maximum Gasteiger partial charge on any atom is 0.280 e. The van der Waals surface area contributed by atoms with Crippen LogP contribution in [0.2, 0.25) is 5.02 Å². The molecule has 0 bridgehead atoms. The number of rotatable bonds is 6. The van der Waals surface area contributed by atoms with Crippen LogP contribution in [0.3, 0.4) is 0 Å². The summed E-state index contributed by atoms with van der Waals surface area (Å²) in [6, 6.07) is 7.74. The van der Waals surface area contributed by atoms with Crippen LogP contribution < -0.4 is 4.90 Å². The summed E-state index contributed by atoms with van der Waals surface area (Å²) in [5.41, 5.74) is 2.13. The molecule has 0 spiro atoms. The zero-order valence-corrected chi connectivity index (χ0v) is 19.0. The summed E-state index contributed by atoms with van der Waals surface area (Å²) >= 11 is 7.81. The summed E-state index contributed by atoms with van der Waals surface area (Å²) in [5.74, 6) is -0.138. The molecular formula is C21H26ClN5O2S. The molecule has 0 radical (unpaired) electrons. The van der Waals surface area contributed by atoms with Crippen molar-refractivity contribution in [2.75, 3.05) is 44.3 Å². The molecule has 160 valence electrons. The van der Waals surface area contributed by atoms with Gasteiger partial charge in [0.1, 0.15) is 5.52 Å². The zero-order valence-electron chi connectivity index (χ0n) is 17.5. The van der Waals surface area contributed by atoms with Crippen LogP contribution in [0.25, 0.3) is 10.2 Å². The number of thiazole rings is 1. The standard InChI is InChI=1S/C21H26ClN5O2S/c1-14(2)27-15(3)13-17(24-27)20(28)26(8-7-25-9-11-29-12-10-25)21-23-19-16(22)5-4-6-18(19)30-21/h4-6,13-14H,7-12H2,1-3H3. The predicted octanol–water partition coefficient (Wildman–Crippen LogP) is 4.01. The van der Waals surface area contributed by atoms with E-state index in [4.69, 9.17) is 21.3 Å². The largest absolute Gasteiger partial charge is 0.379 e. The van der Waals surface area contributed by atoms with Gasteiger partial charge in [0.25, 0.3) is 5.91 Å². The number of hydrogen-bond donors (Lipinski definition) is 0. The van der Waals surface area contributed by atoms with Crippen molar-refractivity contribution in [1.29, 1.82) is 0 Å². The summed E-state index contributed by atoms with van der Waals surface area (Å²) < 4.78 is 8.28. The Bertz CT molecular complexity index is 1040. The Morgan fingerprint density at radius 2 is 2.10 bits per heavy atom. The number of halogens is 1. The monoisotopic (exact) mass is 447 g/mol. The predicted molar refractivity (Wildman–Crippen MR) is 121 cm³/mol. The molecular weight excluding hydrogens is 422 g/mol. The average molecular weight is 448 g/mol. The third kappa shape index (κ3) is 4.37. The molecule has 7 nitrogen and oxygen atoms in total. The van der Waals surface area contributed by atoms with Crippen LogP contribution in [-0.4, -0.2) is 65.0 Å². The lowest BCUT2D eigenvalue weighted by Crippen LogP contribution is -2.43. The number of carbonyl (C=O) groups is 1. The minimum Gasteiger partial charge on any atom is -0.379 e. The molecule has 0 unspecified atom stereocenters. The molecule has 1 aromatic carbocycles. The van der Waals surface area contributed by atoms with Crippen molar-refractivity contribution in [3.05, 3.63) is 40.7 Å². The quantitative estimate of drug-likeness (QED) is 0.571. The van der Waals surface area contributed by atoms with E-state index in [9.17, 15) is 4.79 Å². The van der Waals surface area contributed by atoms with E-state index in [1.807, 2.05) is 35.9 Å². The second-order valence-electron chi connectivity index (χ2n) is 7.70. The maximum atomic E-state index is 13.5. The van der Waals surface area contributed by atoms with Crippen molar-refractivity contribution in [3.63, 3.8) is 0 Å². The number of aryl methyl sites for hydroxylation is 1. The summed E-state index contributed by atoms with van der Waals surface area (Å²) in [7, 11) is 0. The molecule has 0 N–H and O–H groups in total. The Morgan fingerprint density at radius 3 is 2.77 bits per heavy atom. The van der Waals surface area contributed by atoms with Crippen molar-refractivity contribution in [2.24, 2.45) is 0 Å². The third-order valence-electron chi connectivity index (χ3n) is 5.21. The van der Waals surface area contributed by atoms with E-state index in [1.165, 1.54) is 11.3 Å². The normalized spacial score (nSPS) is 15.2. The molecule has 2 aromatic heterocycles. The van der Waals surface area contributed by atoms with Crippen LogP contribution >= 0.6 is 22.9 Å². The molecule has 1 saturated heterocycles. The van der Waals surface area contributed by atoms with Gasteiger partial charge in [-0.3, -0.25) is 19.3 Å². The lowest BCUT2D eigenvalue weighted by atomic mass is 10.3. The van der Waals surface area contributed by atoms with Gasteiger partial charge in [0.15, 0.2) is 10.8 Å². The molecule has 1 aliphatic heterocycles. The molecule has 4 rings (SSSR count). The third-order valence-corrected chi connectivity index (χ3v) is 6.56. The molecule has 3 heterocycles. The highest BCUT2D eigenvalue weighted by molar-refractivity contribution is 7.22. The van der Waals surface area contributed by atoms with Gasteiger partial charge in [0.2, 0.25) is 0 Å². The van der Waals surface area contributed by atoms with E-state index >= 15 is 0 Å². The van der Waals surface area contributed by atoms with Gasteiger partial charge >= 0.3 is 0 Å². The molecule has 9 heteroatoms. The van der Waals surface area contributed by atoms with Crippen molar-refractivity contribution in [1.82, 2.24) is 19.7 Å². The lowest BCUT2D eigenvalue weighted by molar-refractivity contribution is 0.0391. The van der Waals surface area contributed by atoms with Gasteiger partial charge < -0.3 is 4.74 Å². The number of carbonyl (C=O) groups excluding carboxylic acids is 1. The molecule has 3 aromatic rings. The van der Waals surface area contributed by atoms with Crippen molar-refractivity contribution >= 4 is 44.2 Å². The molecule has 0 aliphatic carbocycles. The first-order chi connectivity index (χ1) is 14.4. The van der Waals surface area contributed by atoms with Gasteiger partial charge in [0, 0.05) is 37.9 Å². The molecule has 0 saturated carbocycles. The Balaban J connectivity index is 1.65. The number of fused-ring (bicyclic) bond motifs is 1. The van der Waals surface area contributed by atoms with Gasteiger partial charge in [-0.25, -0.2) is 4.98 Å². The number of ether oxygens (including phenoxy) is 1. The summed E-state index contributed by atoms with van der Waals surface area (Å²) in [4.78, 5) is 22.3. The number of aromatic nitrogens is 3. The van der Waals surface area contributed by atoms with Crippen LogP contribution in [-0.2, 0) is 4.74 Å². The number of anilines is 1. The van der Waals surface area contributed by atoms with E-state index in [0.717, 1.165) is 48.8 Å².